The molecule has 0 aliphatic heterocycles. The molecule has 0 atom stereocenters. The second-order valence-corrected chi connectivity index (χ2v) is 3.25. The number of anilines is 1. The first-order chi connectivity index (χ1) is 6.36. The van der Waals surface area contributed by atoms with E-state index in [4.69, 9.17) is 5.73 Å². The lowest BCUT2D eigenvalue weighted by Gasteiger charge is -2.03. The number of aromatic nitrogens is 4. The molecular weight excluding hydrogens is 166 g/mol. The van der Waals surface area contributed by atoms with Crippen LogP contribution in [-0.4, -0.2) is 19.6 Å². The maximum atomic E-state index is 5.94. The average molecular weight is 175 g/mol. The van der Waals surface area contributed by atoms with E-state index in [1.54, 1.807) is 4.52 Å². The van der Waals surface area contributed by atoms with Gasteiger partial charge in [-0.3, -0.25) is 0 Å². The van der Waals surface area contributed by atoms with Crippen LogP contribution in [0.25, 0.3) is 5.78 Å². The summed E-state index contributed by atoms with van der Waals surface area (Å²) in [5, 5.41) is 4.01. The molecule has 0 saturated carbocycles. The molecule has 2 heterocycles. The summed E-state index contributed by atoms with van der Waals surface area (Å²) in [6.07, 6.45) is 4.65. The van der Waals surface area contributed by atoms with Crippen LogP contribution < -0.4 is 5.73 Å². The highest BCUT2D eigenvalue weighted by Crippen LogP contribution is 2.25. The van der Waals surface area contributed by atoms with Crippen molar-refractivity contribution in [3.8, 4) is 0 Å². The second-order valence-electron chi connectivity index (χ2n) is 3.25. The number of hydrogen-bond acceptors (Lipinski definition) is 4. The van der Waals surface area contributed by atoms with E-state index in [0.717, 1.165) is 30.5 Å². The molecule has 0 bridgehead atoms. The first-order valence-electron chi connectivity index (χ1n) is 4.33. The van der Waals surface area contributed by atoms with Crippen molar-refractivity contribution >= 4 is 11.6 Å². The van der Waals surface area contributed by atoms with E-state index in [1.807, 2.05) is 0 Å². The van der Waals surface area contributed by atoms with E-state index < -0.39 is 0 Å². The van der Waals surface area contributed by atoms with Crippen molar-refractivity contribution in [2.75, 3.05) is 5.73 Å². The summed E-state index contributed by atoms with van der Waals surface area (Å²) in [7, 11) is 0. The number of rotatable bonds is 0. The number of nitrogens with zero attached hydrogens (tertiary/aromatic N) is 4. The van der Waals surface area contributed by atoms with E-state index in [2.05, 4.69) is 15.1 Å². The van der Waals surface area contributed by atoms with Crippen LogP contribution in [0.1, 0.15) is 17.7 Å². The molecule has 3 rings (SSSR count). The summed E-state index contributed by atoms with van der Waals surface area (Å²) >= 11 is 0. The summed E-state index contributed by atoms with van der Waals surface area (Å²) < 4.78 is 1.60. The van der Waals surface area contributed by atoms with Gasteiger partial charge in [0.2, 0.25) is 0 Å². The van der Waals surface area contributed by atoms with Crippen molar-refractivity contribution in [3.63, 3.8) is 0 Å². The molecule has 66 valence electrons. The van der Waals surface area contributed by atoms with Crippen molar-refractivity contribution in [2.45, 2.75) is 19.3 Å². The molecule has 0 unspecified atom stereocenters. The van der Waals surface area contributed by atoms with Gasteiger partial charge in [0.1, 0.15) is 12.1 Å². The Hall–Kier alpha value is -1.65. The number of nitrogen functional groups attached to an aromatic ring is 1. The Labute approximate surface area is 74.6 Å². The van der Waals surface area contributed by atoms with Crippen LogP contribution in [0.5, 0.6) is 0 Å². The van der Waals surface area contributed by atoms with Gasteiger partial charge in [-0.1, -0.05) is 0 Å². The summed E-state index contributed by atoms with van der Waals surface area (Å²) in [5.41, 5.74) is 8.18. The van der Waals surface area contributed by atoms with Gasteiger partial charge < -0.3 is 5.73 Å². The van der Waals surface area contributed by atoms with Crippen molar-refractivity contribution in [2.24, 2.45) is 0 Å². The van der Waals surface area contributed by atoms with Crippen LogP contribution in [-0.2, 0) is 12.8 Å². The van der Waals surface area contributed by atoms with Gasteiger partial charge in [0.05, 0.1) is 5.69 Å². The molecule has 0 saturated heterocycles. The molecule has 2 aromatic rings. The number of hydrogen-bond donors (Lipinski definition) is 1. The average Bonchev–Trinajstić information content (AvgIpc) is 2.71. The number of aryl methyl sites for hydroxylation is 1. The fourth-order valence-electron chi connectivity index (χ4n) is 1.86. The van der Waals surface area contributed by atoms with E-state index in [9.17, 15) is 0 Å². The van der Waals surface area contributed by atoms with Crippen molar-refractivity contribution in [3.05, 3.63) is 17.6 Å². The van der Waals surface area contributed by atoms with E-state index >= 15 is 0 Å². The third-order valence-electron chi connectivity index (χ3n) is 2.49. The highest BCUT2D eigenvalue weighted by Gasteiger charge is 2.18. The molecular formula is C8H9N5. The molecule has 2 N–H and O–H groups in total. The van der Waals surface area contributed by atoms with E-state index in [-0.39, 0.29) is 0 Å². The highest BCUT2D eigenvalue weighted by molar-refractivity contribution is 5.50. The Morgan fingerprint density at radius 2 is 2.31 bits per heavy atom. The Morgan fingerprint density at radius 1 is 1.38 bits per heavy atom. The smallest absolute Gasteiger partial charge is 0.254 e. The first-order valence-corrected chi connectivity index (χ1v) is 4.33. The summed E-state index contributed by atoms with van der Waals surface area (Å²) in [6.45, 7) is 0. The molecule has 2 aromatic heterocycles. The van der Waals surface area contributed by atoms with Gasteiger partial charge in [0.15, 0.2) is 0 Å². The van der Waals surface area contributed by atoms with Crippen LogP contribution in [0.15, 0.2) is 6.33 Å². The third-order valence-corrected chi connectivity index (χ3v) is 2.49. The molecule has 1 aliphatic rings. The maximum absolute atomic E-state index is 5.94. The van der Waals surface area contributed by atoms with Crippen molar-refractivity contribution in [1.82, 2.24) is 19.6 Å². The fourth-order valence-corrected chi connectivity index (χ4v) is 1.86. The quantitative estimate of drug-likeness (QED) is 0.620. The van der Waals surface area contributed by atoms with Gasteiger partial charge in [-0.2, -0.15) is 14.6 Å². The molecule has 13 heavy (non-hydrogen) atoms. The molecule has 0 aromatic carbocycles. The lowest BCUT2D eigenvalue weighted by molar-refractivity contribution is 0.901. The molecule has 1 aliphatic carbocycles. The third kappa shape index (κ3) is 0.783. The predicted molar refractivity (Wildman–Crippen MR) is 47.2 cm³/mol. The Bertz CT molecular complexity index is 473. The Balaban J connectivity index is 2.45. The SMILES string of the molecule is Nc1c2c(nc3ncnn13)CCC2. The normalized spacial score (nSPS) is 15.1. The van der Waals surface area contributed by atoms with Crippen LogP contribution in [0, 0.1) is 0 Å². The zero-order valence-corrected chi connectivity index (χ0v) is 7.06. The summed E-state index contributed by atoms with van der Waals surface area (Å²) in [6, 6.07) is 0. The summed E-state index contributed by atoms with van der Waals surface area (Å²) in [4.78, 5) is 8.40. The molecule has 5 nitrogen and oxygen atoms in total. The fraction of sp³-hybridized carbons (Fsp3) is 0.375. The van der Waals surface area contributed by atoms with Crippen molar-refractivity contribution < 1.29 is 0 Å². The first kappa shape index (κ1) is 6.82. The van der Waals surface area contributed by atoms with Crippen LogP contribution in [0.4, 0.5) is 5.82 Å². The van der Waals surface area contributed by atoms with Gasteiger partial charge in [-0.25, -0.2) is 4.98 Å². The van der Waals surface area contributed by atoms with Gasteiger partial charge >= 0.3 is 0 Å². The minimum absolute atomic E-state index is 0.609. The number of nitrogens with two attached hydrogens (primary N) is 1. The standard InChI is InChI=1S/C8H9N5/c9-7-5-2-1-3-6(5)12-8-10-4-11-13(7)8/h4H,1-3,9H2. The lowest BCUT2D eigenvalue weighted by atomic mass is 10.2. The van der Waals surface area contributed by atoms with Gasteiger partial charge in [-0.15, -0.1) is 0 Å². The number of fused-ring (bicyclic) bond motifs is 2. The summed E-state index contributed by atoms with van der Waals surface area (Å²) in [5.74, 6) is 1.31. The molecule has 0 spiro atoms. The second kappa shape index (κ2) is 2.18. The highest BCUT2D eigenvalue weighted by atomic mass is 15.3. The van der Waals surface area contributed by atoms with Crippen LogP contribution in [0.3, 0.4) is 0 Å². The Morgan fingerprint density at radius 3 is 3.23 bits per heavy atom. The zero-order valence-electron chi connectivity index (χ0n) is 7.06. The zero-order chi connectivity index (χ0) is 8.84. The molecule has 0 fully saturated rings. The van der Waals surface area contributed by atoms with Crippen molar-refractivity contribution in [1.29, 1.82) is 0 Å². The molecule has 0 radical (unpaired) electrons. The van der Waals surface area contributed by atoms with Crippen LogP contribution in [0.2, 0.25) is 0 Å². The predicted octanol–water partition coefficient (Wildman–Crippen LogP) is 0.195. The maximum Gasteiger partial charge on any atom is 0.254 e. The Kier molecular flexibility index (Phi) is 1.15. The largest absolute Gasteiger partial charge is 0.383 e. The monoisotopic (exact) mass is 175 g/mol. The van der Waals surface area contributed by atoms with E-state index in [1.165, 1.54) is 6.33 Å². The minimum Gasteiger partial charge on any atom is -0.383 e. The topological polar surface area (TPSA) is 69.1 Å². The molecule has 0 amide bonds. The lowest BCUT2D eigenvalue weighted by Crippen LogP contribution is -2.05. The van der Waals surface area contributed by atoms with Gasteiger partial charge in [0.25, 0.3) is 5.78 Å². The minimum atomic E-state index is 0.609. The van der Waals surface area contributed by atoms with Gasteiger partial charge in [0, 0.05) is 5.56 Å². The van der Waals surface area contributed by atoms with Crippen LogP contribution >= 0.6 is 0 Å². The van der Waals surface area contributed by atoms with E-state index in [0.29, 0.717) is 11.6 Å². The van der Waals surface area contributed by atoms with Gasteiger partial charge in [-0.05, 0) is 19.3 Å². The molecule has 5 heteroatoms.